The van der Waals surface area contributed by atoms with Gasteiger partial charge in [-0.3, -0.25) is 0 Å². The third-order valence-electron chi connectivity index (χ3n) is 5.03. The molecule has 2 atom stereocenters. The summed E-state index contributed by atoms with van der Waals surface area (Å²) in [5.41, 5.74) is 7.38. The predicted molar refractivity (Wildman–Crippen MR) is 84.3 cm³/mol. The van der Waals surface area contributed by atoms with E-state index < -0.39 is 0 Å². The number of nitrogens with two attached hydrogens (primary N) is 1. The van der Waals surface area contributed by atoms with Gasteiger partial charge in [0.05, 0.1) is 14.2 Å². The molecule has 0 aromatic heterocycles. The lowest BCUT2D eigenvalue weighted by atomic mass is 9.59. The molecule has 0 spiro atoms. The van der Waals surface area contributed by atoms with Crippen LogP contribution in [-0.2, 0) is 0 Å². The summed E-state index contributed by atoms with van der Waals surface area (Å²) in [4.78, 5) is 0. The normalized spacial score (nSPS) is 23.3. The number of hydrogen-bond donors (Lipinski definition) is 1. The molecule has 1 aliphatic rings. The molecule has 118 valence electrons. The molecular formula is C17H27NO3. The Labute approximate surface area is 127 Å². The first-order chi connectivity index (χ1) is 10.0. The highest BCUT2D eigenvalue weighted by molar-refractivity contribution is 5.54. The van der Waals surface area contributed by atoms with Crippen LogP contribution in [0.1, 0.15) is 38.7 Å². The van der Waals surface area contributed by atoms with Gasteiger partial charge in [0.2, 0.25) is 5.75 Å². The fourth-order valence-corrected chi connectivity index (χ4v) is 3.44. The summed E-state index contributed by atoms with van der Waals surface area (Å²) in [6.07, 6.45) is 3.03. The molecule has 2 unspecified atom stereocenters. The van der Waals surface area contributed by atoms with Crippen LogP contribution in [-0.4, -0.2) is 26.4 Å². The van der Waals surface area contributed by atoms with Crippen LogP contribution in [0.25, 0.3) is 0 Å². The monoisotopic (exact) mass is 293 g/mol. The maximum atomic E-state index is 6.29. The van der Waals surface area contributed by atoms with Crippen molar-refractivity contribution in [2.24, 2.45) is 11.1 Å². The first kappa shape index (κ1) is 16.0. The standard InChI is InChI=1S/C17H27NO3/c1-6-17(7-2)14(18)10-15(17)21-16-12(19-4)8-11(3)9-13(16)20-5/h8-9,14-15H,6-7,10,18H2,1-5H3. The van der Waals surface area contributed by atoms with Crippen molar-refractivity contribution in [3.05, 3.63) is 17.7 Å². The minimum absolute atomic E-state index is 0.0565. The number of hydrogen-bond acceptors (Lipinski definition) is 4. The number of methoxy groups -OCH3 is 2. The van der Waals surface area contributed by atoms with Gasteiger partial charge in [0.15, 0.2) is 11.5 Å². The second-order valence-corrected chi connectivity index (χ2v) is 5.89. The van der Waals surface area contributed by atoms with Crippen LogP contribution < -0.4 is 19.9 Å². The van der Waals surface area contributed by atoms with Crippen molar-refractivity contribution < 1.29 is 14.2 Å². The fraction of sp³-hybridized carbons (Fsp3) is 0.647. The Kier molecular flexibility index (Phi) is 4.67. The summed E-state index contributed by atoms with van der Waals surface area (Å²) >= 11 is 0. The number of ether oxygens (including phenoxy) is 3. The van der Waals surface area contributed by atoms with E-state index in [9.17, 15) is 0 Å². The molecule has 4 nitrogen and oxygen atoms in total. The molecule has 1 aliphatic carbocycles. The van der Waals surface area contributed by atoms with Gasteiger partial charge in [-0.1, -0.05) is 13.8 Å². The SMILES string of the molecule is CCC1(CC)C(N)CC1Oc1c(OC)cc(C)cc1OC. The van der Waals surface area contributed by atoms with Crippen molar-refractivity contribution in [2.75, 3.05) is 14.2 Å². The van der Waals surface area contributed by atoms with Gasteiger partial charge in [-0.25, -0.2) is 0 Å². The van der Waals surface area contributed by atoms with Crippen LogP contribution in [0.5, 0.6) is 17.2 Å². The Hall–Kier alpha value is -1.42. The highest BCUT2D eigenvalue weighted by atomic mass is 16.5. The molecule has 0 saturated heterocycles. The van der Waals surface area contributed by atoms with Crippen molar-refractivity contribution in [3.8, 4) is 17.2 Å². The molecule has 1 saturated carbocycles. The van der Waals surface area contributed by atoms with E-state index in [0.717, 1.165) is 24.8 Å². The van der Waals surface area contributed by atoms with E-state index in [1.807, 2.05) is 19.1 Å². The van der Waals surface area contributed by atoms with Gasteiger partial charge >= 0.3 is 0 Å². The average Bonchev–Trinajstić information content (AvgIpc) is 2.48. The minimum Gasteiger partial charge on any atom is -0.493 e. The van der Waals surface area contributed by atoms with Crippen LogP contribution >= 0.6 is 0 Å². The number of aryl methyl sites for hydroxylation is 1. The van der Waals surface area contributed by atoms with Crippen molar-refractivity contribution in [3.63, 3.8) is 0 Å². The Balaban J connectivity index is 2.32. The van der Waals surface area contributed by atoms with Crippen LogP contribution in [0.2, 0.25) is 0 Å². The quantitative estimate of drug-likeness (QED) is 0.874. The maximum Gasteiger partial charge on any atom is 0.203 e. The third kappa shape index (κ3) is 2.57. The maximum absolute atomic E-state index is 6.29. The van der Waals surface area contributed by atoms with E-state index in [2.05, 4.69) is 13.8 Å². The molecule has 1 aromatic carbocycles. The molecule has 2 rings (SSSR count). The van der Waals surface area contributed by atoms with Crippen LogP contribution in [0, 0.1) is 12.3 Å². The van der Waals surface area contributed by atoms with Gasteiger partial charge in [0, 0.05) is 17.9 Å². The Bertz CT molecular complexity index is 472. The molecular weight excluding hydrogens is 266 g/mol. The first-order valence-electron chi connectivity index (χ1n) is 7.67. The van der Waals surface area contributed by atoms with Gasteiger partial charge in [-0.05, 0) is 37.5 Å². The predicted octanol–water partition coefficient (Wildman–Crippen LogP) is 3.30. The van der Waals surface area contributed by atoms with E-state index >= 15 is 0 Å². The molecule has 0 amide bonds. The van der Waals surface area contributed by atoms with Crippen molar-refractivity contribution in [2.45, 2.75) is 52.2 Å². The zero-order chi connectivity index (χ0) is 15.6. The lowest BCUT2D eigenvalue weighted by Gasteiger charge is -2.53. The van der Waals surface area contributed by atoms with Gasteiger partial charge in [0.1, 0.15) is 6.10 Å². The number of benzene rings is 1. The smallest absolute Gasteiger partial charge is 0.203 e. The van der Waals surface area contributed by atoms with Gasteiger partial charge in [-0.15, -0.1) is 0 Å². The highest BCUT2D eigenvalue weighted by Crippen LogP contribution is 2.50. The molecule has 2 N–H and O–H groups in total. The van der Waals surface area contributed by atoms with Gasteiger partial charge in [-0.2, -0.15) is 0 Å². The first-order valence-corrected chi connectivity index (χ1v) is 7.67. The highest BCUT2D eigenvalue weighted by Gasteiger charge is 2.52. The van der Waals surface area contributed by atoms with E-state index in [1.165, 1.54) is 0 Å². The summed E-state index contributed by atoms with van der Waals surface area (Å²) < 4.78 is 17.2. The molecule has 1 aromatic rings. The summed E-state index contributed by atoms with van der Waals surface area (Å²) in [7, 11) is 3.31. The lowest BCUT2D eigenvalue weighted by molar-refractivity contribution is -0.0739. The van der Waals surface area contributed by atoms with E-state index in [4.69, 9.17) is 19.9 Å². The molecule has 4 heteroatoms. The van der Waals surface area contributed by atoms with Crippen LogP contribution in [0.15, 0.2) is 12.1 Å². The van der Waals surface area contributed by atoms with Crippen molar-refractivity contribution in [1.82, 2.24) is 0 Å². The minimum atomic E-state index is 0.0565. The average molecular weight is 293 g/mol. The Morgan fingerprint density at radius 3 is 2.05 bits per heavy atom. The van der Waals surface area contributed by atoms with Crippen LogP contribution in [0.4, 0.5) is 0 Å². The fourth-order valence-electron chi connectivity index (χ4n) is 3.44. The van der Waals surface area contributed by atoms with Crippen LogP contribution in [0.3, 0.4) is 0 Å². The molecule has 0 radical (unpaired) electrons. The second-order valence-electron chi connectivity index (χ2n) is 5.89. The van der Waals surface area contributed by atoms with E-state index in [0.29, 0.717) is 17.2 Å². The van der Waals surface area contributed by atoms with Gasteiger partial charge < -0.3 is 19.9 Å². The molecule has 21 heavy (non-hydrogen) atoms. The summed E-state index contributed by atoms with van der Waals surface area (Å²) in [5, 5.41) is 0. The Morgan fingerprint density at radius 1 is 1.14 bits per heavy atom. The lowest BCUT2D eigenvalue weighted by Crippen LogP contribution is -2.63. The third-order valence-corrected chi connectivity index (χ3v) is 5.03. The molecule has 0 aliphatic heterocycles. The summed E-state index contributed by atoms with van der Waals surface area (Å²) in [5.74, 6) is 2.12. The van der Waals surface area contributed by atoms with E-state index in [-0.39, 0.29) is 17.6 Å². The zero-order valence-corrected chi connectivity index (χ0v) is 13.7. The largest absolute Gasteiger partial charge is 0.493 e. The van der Waals surface area contributed by atoms with Crippen molar-refractivity contribution >= 4 is 0 Å². The van der Waals surface area contributed by atoms with Gasteiger partial charge in [0.25, 0.3) is 0 Å². The zero-order valence-electron chi connectivity index (χ0n) is 13.7. The topological polar surface area (TPSA) is 53.7 Å². The summed E-state index contributed by atoms with van der Waals surface area (Å²) in [6, 6.07) is 4.14. The Morgan fingerprint density at radius 2 is 1.67 bits per heavy atom. The summed E-state index contributed by atoms with van der Waals surface area (Å²) in [6.45, 7) is 6.38. The molecule has 1 fully saturated rings. The molecule has 0 bridgehead atoms. The van der Waals surface area contributed by atoms with E-state index in [1.54, 1.807) is 14.2 Å². The second kappa shape index (κ2) is 6.14. The molecule has 0 heterocycles. The number of rotatable bonds is 6. The van der Waals surface area contributed by atoms with Crippen molar-refractivity contribution in [1.29, 1.82) is 0 Å².